The maximum absolute atomic E-state index is 12.1. The molecule has 3 N–H and O–H groups in total. The summed E-state index contributed by atoms with van der Waals surface area (Å²) in [7, 11) is -1.58. The molecular formula is C13H17BN2O4. The van der Waals surface area contributed by atoms with Gasteiger partial charge in [-0.25, -0.2) is 0 Å². The van der Waals surface area contributed by atoms with Crippen LogP contribution >= 0.6 is 0 Å². The first kappa shape index (κ1) is 14.6. The molecule has 0 spiro atoms. The minimum Gasteiger partial charge on any atom is -0.426 e. The van der Waals surface area contributed by atoms with Crippen LogP contribution in [0.4, 0.5) is 0 Å². The molecule has 1 aliphatic rings. The van der Waals surface area contributed by atoms with Crippen LogP contribution in [0.2, 0.25) is 0 Å². The summed E-state index contributed by atoms with van der Waals surface area (Å²) in [5.41, 5.74) is 0.560. The molecule has 7 heteroatoms. The monoisotopic (exact) mass is 276 g/mol. The zero-order valence-corrected chi connectivity index (χ0v) is 11.2. The number of rotatable bonds is 5. The summed E-state index contributed by atoms with van der Waals surface area (Å²) in [5.74, 6) is -0.386. The lowest BCUT2D eigenvalue weighted by atomic mass is 9.88. The van der Waals surface area contributed by atoms with E-state index in [1.54, 1.807) is 0 Å². The van der Waals surface area contributed by atoms with E-state index in [9.17, 15) is 4.79 Å². The molecule has 0 aliphatic carbocycles. The van der Waals surface area contributed by atoms with Gasteiger partial charge < -0.3 is 20.2 Å². The minimum atomic E-state index is -1.58. The molecule has 0 bridgehead atoms. The number of oxime groups is 1. The number of benzene rings is 1. The Bertz CT molecular complexity index is 506. The van der Waals surface area contributed by atoms with Crippen LogP contribution in [0.1, 0.15) is 25.3 Å². The molecule has 20 heavy (non-hydrogen) atoms. The van der Waals surface area contributed by atoms with Crippen LogP contribution in [-0.2, 0) is 9.63 Å². The fourth-order valence-corrected chi connectivity index (χ4v) is 2.08. The molecule has 0 radical (unpaired) electrons. The van der Waals surface area contributed by atoms with E-state index in [1.165, 1.54) is 0 Å². The molecule has 0 fully saturated rings. The molecule has 1 aromatic rings. The third kappa shape index (κ3) is 3.00. The van der Waals surface area contributed by atoms with Crippen molar-refractivity contribution in [1.29, 1.82) is 0 Å². The van der Waals surface area contributed by atoms with Gasteiger partial charge in [0, 0.05) is 6.42 Å². The Hall–Kier alpha value is -1.86. The smallest absolute Gasteiger partial charge is 0.426 e. The summed E-state index contributed by atoms with van der Waals surface area (Å²) in [5, 5.41) is 24.1. The number of amides is 1. The summed E-state index contributed by atoms with van der Waals surface area (Å²) < 4.78 is 0. The van der Waals surface area contributed by atoms with E-state index >= 15 is 0 Å². The van der Waals surface area contributed by atoms with E-state index in [0.717, 1.165) is 5.56 Å². The predicted molar refractivity (Wildman–Crippen MR) is 74.9 cm³/mol. The van der Waals surface area contributed by atoms with Gasteiger partial charge >= 0.3 is 7.12 Å². The van der Waals surface area contributed by atoms with Crippen LogP contribution in [0.25, 0.3) is 0 Å². The molecule has 1 aromatic carbocycles. The first-order chi connectivity index (χ1) is 9.57. The predicted octanol–water partition coefficient (Wildman–Crippen LogP) is 0.0880. The normalized spacial score (nSPS) is 21.1. The quantitative estimate of drug-likeness (QED) is 0.664. The lowest BCUT2D eigenvalue weighted by Crippen LogP contribution is -2.49. The zero-order valence-electron chi connectivity index (χ0n) is 11.2. The highest BCUT2D eigenvalue weighted by atomic mass is 16.7. The van der Waals surface area contributed by atoms with Gasteiger partial charge in [0.2, 0.25) is 5.60 Å². The highest BCUT2D eigenvalue weighted by Gasteiger charge is 2.45. The largest absolute Gasteiger partial charge is 0.472 e. The second-order valence-electron chi connectivity index (χ2n) is 4.71. The summed E-state index contributed by atoms with van der Waals surface area (Å²) in [6, 6.07) is 9.51. The maximum Gasteiger partial charge on any atom is 0.472 e. The van der Waals surface area contributed by atoms with Crippen molar-refractivity contribution in [2.75, 3.05) is 6.44 Å². The van der Waals surface area contributed by atoms with Gasteiger partial charge in [0.1, 0.15) is 0 Å². The maximum atomic E-state index is 12.1. The van der Waals surface area contributed by atoms with Crippen molar-refractivity contribution >= 4 is 18.7 Å². The third-order valence-electron chi connectivity index (χ3n) is 3.32. The molecule has 1 amide bonds. The standard InChI is InChI=1S/C13H17BN2O4/c1-2-13(12(17)15-9-14(18)19)8-11(16-20-13)10-6-4-3-5-7-10/h3-7,18-19H,2,8-9H2,1H3,(H,15,17). The Labute approximate surface area is 117 Å². The molecule has 2 rings (SSSR count). The van der Waals surface area contributed by atoms with Crippen molar-refractivity contribution in [2.24, 2.45) is 5.16 Å². The molecule has 1 unspecified atom stereocenters. The lowest BCUT2D eigenvalue weighted by Gasteiger charge is -2.23. The SMILES string of the molecule is CCC1(C(=O)NCB(O)O)CC(c2ccccc2)=NO1. The Balaban J connectivity index is 2.07. The van der Waals surface area contributed by atoms with Crippen molar-refractivity contribution < 1.29 is 19.7 Å². The molecule has 6 nitrogen and oxygen atoms in total. The summed E-state index contributed by atoms with van der Waals surface area (Å²) >= 11 is 0. The van der Waals surface area contributed by atoms with Gasteiger partial charge in [-0.1, -0.05) is 42.4 Å². The second kappa shape index (κ2) is 6.07. The van der Waals surface area contributed by atoms with Gasteiger partial charge in [0.25, 0.3) is 5.91 Å². The average Bonchev–Trinajstić information content (AvgIpc) is 2.91. The number of nitrogens with one attached hydrogen (secondary N) is 1. The van der Waals surface area contributed by atoms with Crippen LogP contribution in [0.3, 0.4) is 0 Å². The minimum absolute atomic E-state index is 0.232. The molecule has 0 saturated carbocycles. The number of hydrogen-bond acceptors (Lipinski definition) is 5. The zero-order chi connectivity index (χ0) is 14.6. The first-order valence-corrected chi connectivity index (χ1v) is 6.52. The second-order valence-corrected chi connectivity index (χ2v) is 4.71. The number of carbonyl (C=O) groups excluding carboxylic acids is 1. The van der Waals surface area contributed by atoms with E-state index in [0.29, 0.717) is 18.6 Å². The Morgan fingerprint density at radius 2 is 2.15 bits per heavy atom. The summed E-state index contributed by atoms with van der Waals surface area (Å²) in [4.78, 5) is 17.5. The number of nitrogens with zero attached hydrogens (tertiary/aromatic N) is 1. The molecule has 0 saturated heterocycles. The Morgan fingerprint density at radius 3 is 2.75 bits per heavy atom. The van der Waals surface area contributed by atoms with Crippen molar-refractivity contribution in [3.63, 3.8) is 0 Å². The number of carbonyl (C=O) groups is 1. The first-order valence-electron chi connectivity index (χ1n) is 6.52. The number of hydrogen-bond donors (Lipinski definition) is 3. The van der Waals surface area contributed by atoms with Crippen molar-refractivity contribution in [3.8, 4) is 0 Å². The fraction of sp³-hybridized carbons (Fsp3) is 0.385. The molecule has 1 aliphatic heterocycles. The van der Waals surface area contributed by atoms with E-state index < -0.39 is 12.7 Å². The Morgan fingerprint density at radius 1 is 1.45 bits per heavy atom. The lowest BCUT2D eigenvalue weighted by molar-refractivity contribution is -0.144. The van der Waals surface area contributed by atoms with Gasteiger partial charge in [0.05, 0.1) is 12.2 Å². The van der Waals surface area contributed by atoms with E-state index in [-0.39, 0.29) is 12.4 Å². The molecule has 1 atom stereocenters. The Kier molecular flexibility index (Phi) is 4.41. The third-order valence-corrected chi connectivity index (χ3v) is 3.32. The van der Waals surface area contributed by atoms with Crippen LogP contribution in [0.5, 0.6) is 0 Å². The van der Waals surface area contributed by atoms with Crippen LogP contribution in [-0.4, -0.2) is 40.8 Å². The van der Waals surface area contributed by atoms with Crippen LogP contribution < -0.4 is 5.32 Å². The molecule has 0 aromatic heterocycles. The van der Waals surface area contributed by atoms with Crippen molar-refractivity contribution in [2.45, 2.75) is 25.4 Å². The summed E-state index contributed by atoms with van der Waals surface area (Å²) in [6.45, 7) is 1.83. The van der Waals surface area contributed by atoms with E-state index in [4.69, 9.17) is 14.9 Å². The van der Waals surface area contributed by atoms with Gasteiger partial charge in [-0.3, -0.25) is 4.79 Å². The fourth-order valence-electron chi connectivity index (χ4n) is 2.08. The van der Waals surface area contributed by atoms with E-state index in [2.05, 4.69) is 10.5 Å². The van der Waals surface area contributed by atoms with Gasteiger partial charge in [-0.15, -0.1) is 0 Å². The van der Waals surface area contributed by atoms with Crippen LogP contribution in [0.15, 0.2) is 35.5 Å². The van der Waals surface area contributed by atoms with E-state index in [1.807, 2.05) is 37.3 Å². The molecule has 106 valence electrons. The average molecular weight is 276 g/mol. The van der Waals surface area contributed by atoms with Gasteiger partial charge in [-0.2, -0.15) is 0 Å². The van der Waals surface area contributed by atoms with Crippen molar-refractivity contribution in [3.05, 3.63) is 35.9 Å². The van der Waals surface area contributed by atoms with Crippen molar-refractivity contribution in [1.82, 2.24) is 5.32 Å². The van der Waals surface area contributed by atoms with Gasteiger partial charge in [0.15, 0.2) is 0 Å². The highest BCUT2D eigenvalue weighted by molar-refractivity contribution is 6.41. The summed E-state index contributed by atoms with van der Waals surface area (Å²) in [6.07, 6.45) is 0.575. The van der Waals surface area contributed by atoms with Crippen LogP contribution in [0, 0.1) is 0 Å². The molecular weight excluding hydrogens is 259 g/mol. The van der Waals surface area contributed by atoms with Gasteiger partial charge in [-0.05, 0) is 12.0 Å². The molecule has 1 heterocycles. The topological polar surface area (TPSA) is 91.2 Å². The highest BCUT2D eigenvalue weighted by Crippen LogP contribution is 2.30.